The minimum atomic E-state index is -0.205. The van der Waals surface area contributed by atoms with E-state index < -0.39 is 0 Å². The first-order chi connectivity index (χ1) is 11.4. The van der Waals surface area contributed by atoms with Crippen molar-refractivity contribution >= 4 is 11.8 Å². The van der Waals surface area contributed by atoms with Crippen LogP contribution in [0, 0.1) is 5.92 Å². The first-order valence-corrected chi connectivity index (χ1v) is 8.20. The van der Waals surface area contributed by atoms with Crippen LogP contribution in [-0.4, -0.2) is 76.5 Å². The summed E-state index contributed by atoms with van der Waals surface area (Å²) in [7, 11) is 1.74. The van der Waals surface area contributed by atoms with E-state index in [1.54, 1.807) is 24.1 Å². The summed E-state index contributed by atoms with van der Waals surface area (Å²) in [6.45, 7) is 3.99. The van der Waals surface area contributed by atoms with Crippen molar-refractivity contribution in [2.45, 2.75) is 13.0 Å². The van der Waals surface area contributed by atoms with Crippen LogP contribution in [0.25, 0.3) is 0 Å². The van der Waals surface area contributed by atoms with E-state index in [0.717, 1.165) is 18.7 Å². The Kier molecular flexibility index (Phi) is 4.62. The van der Waals surface area contributed by atoms with Gasteiger partial charge in [-0.2, -0.15) is 0 Å². The van der Waals surface area contributed by atoms with Gasteiger partial charge in [0.1, 0.15) is 0 Å². The average molecular weight is 333 g/mol. The lowest BCUT2D eigenvalue weighted by molar-refractivity contribution is -0.137. The van der Waals surface area contributed by atoms with Crippen molar-refractivity contribution in [1.82, 2.24) is 14.7 Å². The number of amides is 2. The maximum absolute atomic E-state index is 12.5. The highest BCUT2D eigenvalue weighted by atomic mass is 16.3. The Morgan fingerprint density at radius 2 is 1.88 bits per heavy atom. The maximum atomic E-state index is 12.5. The van der Waals surface area contributed by atoms with Crippen LogP contribution in [0.1, 0.15) is 12.0 Å². The van der Waals surface area contributed by atoms with E-state index >= 15 is 0 Å². The van der Waals surface area contributed by atoms with Crippen molar-refractivity contribution in [1.29, 1.82) is 0 Å². The van der Waals surface area contributed by atoms with Gasteiger partial charge in [0.25, 0.3) is 0 Å². The van der Waals surface area contributed by atoms with Crippen molar-refractivity contribution in [3.05, 3.63) is 23.8 Å². The van der Waals surface area contributed by atoms with Gasteiger partial charge in [-0.1, -0.05) is 6.07 Å². The lowest BCUT2D eigenvalue weighted by Gasteiger charge is -2.35. The standard InChI is InChI=1S/C17H23N3O4/c1-18-11-13(9-16(18)23)17(24)20-6-4-19(5-7-20)10-12-2-3-14(21)15(22)8-12/h2-3,8,13,21-22H,4-7,9-11H2,1H3. The molecule has 7 heteroatoms. The molecule has 1 aromatic rings. The van der Waals surface area contributed by atoms with E-state index in [9.17, 15) is 19.8 Å². The SMILES string of the molecule is CN1CC(C(=O)N2CCN(Cc3ccc(O)c(O)c3)CC2)CC1=O. The third kappa shape index (κ3) is 3.46. The third-order valence-corrected chi connectivity index (χ3v) is 4.82. The van der Waals surface area contributed by atoms with E-state index in [4.69, 9.17) is 0 Å². The molecule has 1 aromatic carbocycles. The highest BCUT2D eigenvalue weighted by Gasteiger charge is 2.35. The van der Waals surface area contributed by atoms with Gasteiger partial charge in [0.05, 0.1) is 5.92 Å². The summed E-state index contributed by atoms with van der Waals surface area (Å²) in [5.41, 5.74) is 0.924. The average Bonchev–Trinajstić information content (AvgIpc) is 2.90. The molecule has 2 fully saturated rings. The predicted molar refractivity (Wildman–Crippen MR) is 87.4 cm³/mol. The molecule has 1 unspecified atom stereocenters. The van der Waals surface area contributed by atoms with Crippen LogP contribution in [0.2, 0.25) is 0 Å². The van der Waals surface area contributed by atoms with Crippen molar-refractivity contribution < 1.29 is 19.8 Å². The number of carbonyl (C=O) groups is 2. The third-order valence-electron chi connectivity index (χ3n) is 4.82. The van der Waals surface area contributed by atoms with E-state index in [1.807, 2.05) is 4.90 Å². The zero-order chi connectivity index (χ0) is 17.3. The van der Waals surface area contributed by atoms with Gasteiger partial charge in [-0.15, -0.1) is 0 Å². The molecule has 2 amide bonds. The van der Waals surface area contributed by atoms with Crippen LogP contribution in [0.3, 0.4) is 0 Å². The van der Waals surface area contributed by atoms with Crippen molar-refractivity contribution in [3.63, 3.8) is 0 Å². The highest BCUT2D eigenvalue weighted by molar-refractivity contribution is 5.89. The van der Waals surface area contributed by atoms with Crippen LogP contribution in [0.4, 0.5) is 0 Å². The van der Waals surface area contributed by atoms with Gasteiger partial charge in [0, 0.05) is 52.7 Å². The first kappa shape index (κ1) is 16.6. The summed E-state index contributed by atoms with van der Waals surface area (Å²) in [6.07, 6.45) is 0.322. The molecular formula is C17H23N3O4. The molecule has 24 heavy (non-hydrogen) atoms. The number of carbonyl (C=O) groups excluding carboxylic acids is 2. The van der Waals surface area contributed by atoms with Gasteiger partial charge in [0.15, 0.2) is 11.5 Å². The minimum absolute atomic E-state index is 0.0409. The van der Waals surface area contributed by atoms with Crippen molar-refractivity contribution in [3.8, 4) is 11.5 Å². The minimum Gasteiger partial charge on any atom is -0.504 e. The summed E-state index contributed by atoms with van der Waals surface area (Å²) < 4.78 is 0. The Bertz CT molecular complexity index is 641. The largest absolute Gasteiger partial charge is 0.504 e. The van der Waals surface area contributed by atoms with Gasteiger partial charge in [-0.05, 0) is 17.7 Å². The summed E-state index contributed by atoms with van der Waals surface area (Å²) in [5.74, 6) is -0.321. The first-order valence-electron chi connectivity index (χ1n) is 8.20. The van der Waals surface area contributed by atoms with Gasteiger partial charge in [0.2, 0.25) is 11.8 Å². The molecule has 0 aliphatic carbocycles. The molecule has 0 spiro atoms. The number of phenolic OH excluding ortho intramolecular Hbond substituents is 2. The highest BCUT2D eigenvalue weighted by Crippen LogP contribution is 2.26. The molecule has 0 radical (unpaired) electrons. The molecular weight excluding hydrogens is 310 g/mol. The molecule has 2 heterocycles. The Hall–Kier alpha value is -2.28. The van der Waals surface area contributed by atoms with Gasteiger partial charge in [-0.3, -0.25) is 14.5 Å². The number of hydrogen-bond donors (Lipinski definition) is 2. The maximum Gasteiger partial charge on any atom is 0.228 e. The lowest BCUT2D eigenvalue weighted by Crippen LogP contribution is -2.50. The molecule has 130 valence electrons. The predicted octanol–water partition coefficient (Wildman–Crippen LogP) is 0.220. The number of rotatable bonds is 3. The van der Waals surface area contributed by atoms with Crippen LogP contribution >= 0.6 is 0 Å². The molecule has 0 saturated carbocycles. The second-order valence-corrected chi connectivity index (χ2v) is 6.60. The number of aromatic hydroxyl groups is 2. The van der Waals surface area contributed by atoms with Gasteiger partial charge < -0.3 is 20.0 Å². The summed E-state index contributed by atoms with van der Waals surface area (Å²) >= 11 is 0. The fourth-order valence-corrected chi connectivity index (χ4v) is 3.34. The molecule has 7 nitrogen and oxygen atoms in total. The zero-order valence-corrected chi connectivity index (χ0v) is 13.8. The molecule has 2 N–H and O–H groups in total. The Labute approximate surface area is 141 Å². The van der Waals surface area contributed by atoms with Gasteiger partial charge in [-0.25, -0.2) is 0 Å². The topological polar surface area (TPSA) is 84.3 Å². The van der Waals surface area contributed by atoms with Crippen LogP contribution in [-0.2, 0) is 16.1 Å². The second-order valence-electron chi connectivity index (χ2n) is 6.60. The summed E-state index contributed by atoms with van der Waals surface area (Å²) in [4.78, 5) is 29.8. The second kappa shape index (κ2) is 6.68. The quantitative estimate of drug-likeness (QED) is 0.773. The number of likely N-dealkylation sites (tertiary alicyclic amines) is 1. The molecule has 0 bridgehead atoms. The lowest BCUT2D eigenvalue weighted by atomic mass is 10.1. The number of benzene rings is 1. The fourth-order valence-electron chi connectivity index (χ4n) is 3.34. The Morgan fingerprint density at radius 1 is 1.17 bits per heavy atom. The van der Waals surface area contributed by atoms with E-state index in [-0.39, 0.29) is 29.2 Å². The van der Waals surface area contributed by atoms with Crippen LogP contribution < -0.4 is 0 Å². The van der Waals surface area contributed by atoms with Crippen molar-refractivity contribution in [2.75, 3.05) is 39.8 Å². The van der Waals surface area contributed by atoms with Gasteiger partial charge >= 0.3 is 0 Å². The van der Waals surface area contributed by atoms with E-state index in [1.165, 1.54) is 6.07 Å². The monoisotopic (exact) mass is 333 g/mol. The fraction of sp³-hybridized carbons (Fsp3) is 0.529. The summed E-state index contributed by atoms with van der Waals surface area (Å²) in [5, 5.41) is 18.9. The van der Waals surface area contributed by atoms with E-state index in [0.29, 0.717) is 32.6 Å². The Balaban J connectivity index is 1.51. The Morgan fingerprint density at radius 3 is 2.46 bits per heavy atom. The van der Waals surface area contributed by atoms with Crippen LogP contribution in [0.15, 0.2) is 18.2 Å². The molecule has 3 rings (SSSR count). The number of hydrogen-bond acceptors (Lipinski definition) is 5. The van der Waals surface area contributed by atoms with Crippen LogP contribution in [0.5, 0.6) is 11.5 Å². The molecule has 1 atom stereocenters. The smallest absolute Gasteiger partial charge is 0.228 e. The number of nitrogens with zero attached hydrogens (tertiary/aromatic N) is 3. The number of piperazine rings is 1. The molecule has 2 aliphatic rings. The van der Waals surface area contributed by atoms with E-state index in [2.05, 4.69) is 4.90 Å². The summed E-state index contributed by atoms with van der Waals surface area (Å²) in [6, 6.07) is 4.83. The van der Waals surface area contributed by atoms with Crippen molar-refractivity contribution in [2.24, 2.45) is 5.92 Å². The molecule has 2 aliphatic heterocycles. The zero-order valence-electron chi connectivity index (χ0n) is 13.8. The molecule has 0 aromatic heterocycles. The molecule has 2 saturated heterocycles. The normalized spacial score (nSPS) is 22.2. The number of phenols is 2.